The molecule has 1 amide bonds. The van der Waals surface area contributed by atoms with Gasteiger partial charge in [-0.25, -0.2) is 0 Å². The van der Waals surface area contributed by atoms with Crippen LogP contribution in [0.2, 0.25) is 5.02 Å². The maximum Gasteiger partial charge on any atom is 0.232 e. The molecule has 0 bridgehead atoms. The van der Waals surface area contributed by atoms with Gasteiger partial charge in [-0.05, 0) is 43.3 Å². The Labute approximate surface area is 161 Å². The van der Waals surface area contributed by atoms with Crippen LogP contribution in [0.5, 0.6) is 5.75 Å². The van der Waals surface area contributed by atoms with Gasteiger partial charge in [0.2, 0.25) is 17.6 Å². The topological polar surface area (TPSA) is 68.5 Å². The van der Waals surface area contributed by atoms with Crippen molar-refractivity contribution in [2.24, 2.45) is 0 Å². The molecule has 0 radical (unpaired) electrons. The van der Waals surface area contributed by atoms with Crippen molar-refractivity contribution in [2.45, 2.75) is 19.3 Å². The second-order valence-corrected chi connectivity index (χ2v) is 6.68. The van der Waals surface area contributed by atoms with E-state index >= 15 is 0 Å². The summed E-state index contributed by atoms with van der Waals surface area (Å²) in [6, 6.07) is 14.8. The highest BCUT2D eigenvalue weighted by Crippen LogP contribution is 2.33. The number of halogens is 1. The quantitative estimate of drug-likeness (QED) is 0.656. The Bertz CT molecular complexity index is 955. The summed E-state index contributed by atoms with van der Waals surface area (Å²) < 4.78 is 10.9. The molecule has 27 heavy (non-hydrogen) atoms. The number of hydrogen-bond acceptors (Lipinski definition) is 5. The summed E-state index contributed by atoms with van der Waals surface area (Å²) in [5.74, 6) is 1.55. The highest BCUT2D eigenvalue weighted by Gasteiger charge is 2.35. The van der Waals surface area contributed by atoms with Crippen LogP contribution in [0.3, 0.4) is 0 Å². The molecule has 7 heteroatoms. The Morgan fingerprint density at radius 2 is 2.00 bits per heavy atom. The zero-order valence-electron chi connectivity index (χ0n) is 14.8. The SMILES string of the molecule is CCOc1ccc(N2C[C@@H](c3nc(-c4ccccc4Cl)no3)CC2=O)cc1. The predicted octanol–water partition coefficient (Wildman–Crippen LogP) is 4.31. The first kappa shape index (κ1) is 17.5. The van der Waals surface area contributed by atoms with Crippen LogP contribution in [0.4, 0.5) is 5.69 Å². The van der Waals surface area contributed by atoms with E-state index < -0.39 is 0 Å². The fourth-order valence-corrected chi connectivity index (χ4v) is 3.38. The molecule has 2 heterocycles. The van der Waals surface area contributed by atoms with E-state index in [9.17, 15) is 4.79 Å². The fraction of sp³-hybridized carbons (Fsp3) is 0.250. The lowest BCUT2D eigenvalue weighted by atomic mass is 10.1. The standard InChI is InChI=1S/C20H18ClN3O3/c1-2-26-15-9-7-14(8-10-15)24-12-13(11-18(24)25)20-22-19(23-27-20)16-5-3-4-6-17(16)21/h3-10,13H,2,11-12H2,1H3/t13-/m0/s1. The normalized spacial score (nSPS) is 16.7. The number of aromatic nitrogens is 2. The lowest BCUT2D eigenvalue weighted by molar-refractivity contribution is -0.117. The summed E-state index contributed by atoms with van der Waals surface area (Å²) in [6.45, 7) is 3.04. The van der Waals surface area contributed by atoms with Crippen molar-refractivity contribution in [3.8, 4) is 17.1 Å². The van der Waals surface area contributed by atoms with Crippen molar-refractivity contribution in [1.82, 2.24) is 10.1 Å². The first-order valence-corrected chi connectivity index (χ1v) is 9.15. The minimum absolute atomic E-state index is 0.0293. The zero-order valence-corrected chi connectivity index (χ0v) is 15.5. The molecule has 0 saturated carbocycles. The van der Waals surface area contributed by atoms with E-state index in [2.05, 4.69) is 10.1 Å². The molecule has 4 rings (SSSR count). The Hall–Kier alpha value is -2.86. The van der Waals surface area contributed by atoms with Crippen molar-refractivity contribution in [3.63, 3.8) is 0 Å². The maximum atomic E-state index is 12.5. The second kappa shape index (κ2) is 7.40. The smallest absolute Gasteiger partial charge is 0.232 e. The van der Waals surface area contributed by atoms with E-state index in [1.807, 2.05) is 49.4 Å². The molecule has 1 aliphatic heterocycles. The molecule has 1 fully saturated rings. The monoisotopic (exact) mass is 383 g/mol. The van der Waals surface area contributed by atoms with Gasteiger partial charge in [-0.3, -0.25) is 4.79 Å². The number of anilines is 1. The molecular weight excluding hydrogens is 366 g/mol. The summed E-state index contributed by atoms with van der Waals surface area (Å²) >= 11 is 6.20. The third-order valence-corrected chi connectivity index (χ3v) is 4.82. The number of hydrogen-bond donors (Lipinski definition) is 0. The average molecular weight is 384 g/mol. The van der Waals surface area contributed by atoms with E-state index in [0.29, 0.717) is 41.9 Å². The molecule has 0 unspecified atom stereocenters. The minimum Gasteiger partial charge on any atom is -0.494 e. The number of ether oxygens (including phenoxy) is 1. The first-order chi connectivity index (χ1) is 13.2. The summed E-state index contributed by atoms with van der Waals surface area (Å²) in [6.07, 6.45) is 0.331. The molecule has 0 aliphatic carbocycles. The lowest BCUT2D eigenvalue weighted by Gasteiger charge is -2.16. The summed E-state index contributed by atoms with van der Waals surface area (Å²) in [5, 5.41) is 4.59. The number of carbonyl (C=O) groups is 1. The van der Waals surface area contributed by atoms with E-state index in [1.165, 1.54) is 0 Å². The number of nitrogens with zero attached hydrogens (tertiary/aromatic N) is 3. The Morgan fingerprint density at radius 1 is 1.22 bits per heavy atom. The van der Waals surface area contributed by atoms with Crippen LogP contribution >= 0.6 is 11.6 Å². The third-order valence-electron chi connectivity index (χ3n) is 4.49. The van der Waals surface area contributed by atoms with Crippen molar-refractivity contribution < 1.29 is 14.1 Å². The largest absolute Gasteiger partial charge is 0.494 e. The van der Waals surface area contributed by atoms with Gasteiger partial charge < -0.3 is 14.2 Å². The Balaban J connectivity index is 1.52. The average Bonchev–Trinajstić information content (AvgIpc) is 3.30. The van der Waals surface area contributed by atoms with Crippen LogP contribution in [0.1, 0.15) is 25.2 Å². The van der Waals surface area contributed by atoms with Crippen molar-refractivity contribution >= 4 is 23.2 Å². The van der Waals surface area contributed by atoms with Crippen LogP contribution < -0.4 is 9.64 Å². The number of rotatable bonds is 5. The number of carbonyl (C=O) groups excluding carboxylic acids is 1. The molecule has 6 nitrogen and oxygen atoms in total. The molecular formula is C20H18ClN3O3. The minimum atomic E-state index is -0.146. The van der Waals surface area contributed by atoms with Gasteiger partial charge in [0.25, 0.3) is 0 Å². The van der Waals surface area contributed by atoms with Gasteiger partial charge in [0.1, 0.15) is 5.75 Å². The Kier molecular flexibility index (Phi) is 4.81. The third kappa shape index (κ3) is 3.53. The number of amides is 1. The number of benzene rings is 2. The molecule has 0 N–H and O–H groups in total. The summed E-state index contributed by atoms with van der Waals surface area (Å²) in [5.41, 5.74) is 1.54. The maximum absolute atomic E-state index is 12.5. The zero-order chi connectivity index (χ0) is 18.8. The van der Waals surface area contributed by atoms with Gasteiger partial charge in [0.05, 0.1) is 17.5 Å². The van der Waals surface area contributed by atoms with E-state index in [0.717, 1.165) is 11.4 Å². The molecule has 1 atom stereocenters. The lowest BCUT2D eigenvalue weighted by Crippen LogP contribution is -2.24. The Morgan fingerprint density at radius 3 is 2.74 bits per heavy atom. The van der Waals surface area contributed by atoms with Crippen LogP contribution in [0.15, 0.2) is 53.1 Å². The van der Waals surface area contributed by atoms with Gasteiger partial charge in [0.15, 0.2) is 0 Å². The van der Waals surface area contributed by atoms with Crippen LogP contribution in [0.25, 0.3) is 11.4 Å². The summed E-state index contributed by atoms with van der Waals surface area (Å²) in [4.78, 5) is 18.7. The molecule has 1 saturated heterocycles. The van der Waals surface area contributed by atoms with Gasteiger partial charge >= 0.3 is 0 Å². The predicted molar refractivity (Wildman–Crippen MR) is 102 cm³/mol. The molecule has 3 aromatic rings. The van der Waals surface area contributed by atoms with Crippen LogP contribution in [-0.4, -0.2) is 29.2 Å². The highest BCUT2D eigenvalue weighted by molar-refractivity contribution is 6.33. The van der Waals surface area contributed by atoms with E-state index in [1.54, 1.807) is 11.0 Å². The van der Waals surface area contributed by atoms with Crippen molar-refractivity contribution in [1.29, 1.82) is 0 Å². The molecule has 1 aliphatic rings. The van der Waals surface area contributed by atoms with Crippen molar-refractivity contribution in [3.05, 3.63) is 59.4 Å². The van der Waals surface area contributed by atoms with Crippen LogP contribution in [-0.2, 0) is 4.79 Å². The molecule has 0 spiro atoms. The summed E-state index contributed by atoms with van der Waals surface area (Å²) in [7, 11) is 0. The molecule has 1 aromatic heterocycles. The van der Waals surface area contributed by atoms with Gasteiger partial charge in [-0.15, -0.1) is 0 Å². The van der Waals surface area contributed by atoms with E-state index in [4.69, 9.17) is 20.9 Å². The molecule has 138 valence electrons. The highest BCUT2D eigenvalue weighted by atomic mass is 35.5. The fourth-order valence-electron chi connectivity index (χ4n) is 3.16. The molecule has 2 aromatic carbocycles. The van der Waals surface area contributed by atoms with Gasteiger partial charge in [-0.2, -0.15) is 4.98 Å². The van der Waals surface area contributed by atoms with Gasteiger partial charge in [0, 0.05) is 24.2 Å². The van der Waals surface area contributed by atoms with E-state index in [-0.39, 0.29) is 11.8 Å². The van der Waals surface area contributed by atoms with Crippen LogP contribution in [0, 0.1) is 0 Å². The van der Waals surface area contributed by atoms with Crippen molar-refractivity contribution in [2.75, 3.05) is 18.1 Å². The van der Waals surface area contributed by atoms with Gasteiger partial charge in [-0.1, -0.05) is 28.9 Å². The second-order valence-electron chi connectivity index (χ2n) is 6.27. The first-order valence-electron chi connectivity index (χ1n) is 8.77.